The predicted molar refractivity (Wildman–Crippen MR) is 84.3 cm³/mol. The van der Waals surface area contributed by atoms with Crippen molar-refractivity contribution in [1.29, 1.82) is 0 Å². The molecule has 0 bridgehead atoms. The molecule has 2 saturated heterocycles. The summed E-state index contributed by atoms with van der Waals surface area (Å²) in [4.78, 5) is 24.4. The van der Waals surface area contributed by atoms with Crippen molar-refractivity contribution in [3.05, 3.63) is 11.3 Å². The summed E-state index contributed by atoms with van der Waals surface area (Å²) in [6.07, 6.45) is -2.27. The minimum absolute atomic E-state index is 0.223. The van der Waals surface area contributed by atoms with Crippen molar-refractivity contribution in [2.75, 3.05) is 13.7 Å². The molecule has 2 fully saturated rings. The lowest BCUT2D eigenvalue weighted by Crippen LogP contribution is -2.57. The molecule has 2 N–H and O–H groups in total. The summed E-state index contributed by atoms with van der Waals surface area (Å²) in [5.74, 6) is -1.33. The van der Waals surface area contributed by atoms with Crippen LogP contribution in [0.15, 0.2) is 11.3 Å². The van der Waals surface area contributed by atoms with E-state index in [2.05, 4.69) is 10.6 Å². The van der Waals surface area contributed by atoms with Crippen molar-refractivity contribution in [3.8, 4) is 0 Å². The fourth-order valence-electron chi connectivity index (χ4n) is 3.51. The fraction of sp³-hybridized carbons (Fsp3) is 0.750. The first-order valence-corrected chi connectivity index (χ1v) is 8.26. The molecule has 3 aliphatic heterocycles. The highest BCUT2D eigenvalue weighted by Crippen LogP contribution is 2.41. The summed E-state index contributed by atoms with van der Waals surface area (Å²) in [7, 11) is 1.51. The third-order valence-electron chi connectivity index (χ3n) is 4.41. The van der Waals surface area contributed by atoms with Crippen molar-refractivity contribution in [2.45, 2.75) is 64.1 Å². The minimum Gasteiger partial charge on any atom is -0.463 e. The summed E-state index contributed by atoms with van der Waals surface area (Å²) in [6, 6.07) is -1.16. The topological polar surface area (TPSA) is 104 Å². The molecule has 9 nitrogen and oxygen atoms in total. The van der Waals surface area contributed by atoms with Gasteiger partial charge in [-0.15, -0.1) is 0 Å². The lowest BCUT2D eigenvalue weighted by Gasteiger charge is -2.33. The number of carbonyl (C=O) groups excluding carboxylic acids is 2. The van der Waals surface area contributed by atoms with E-state index in [9.17, 15) is 9.59 Å². The number of methoxy groups -OCH3 is 1. The molecule has 0 spiro atoms. The molecule has 0 radical (unpaired) electrons. The van der Waals surface area contributed by atoms with Gasteiger partial charge in [0.1, 0.15) is 18.3 Å². The Bertz CT molecular complexity index is 603. The monoisotopic (exact) mass is 356 g/mol. The van der Waals surface area contributed by atoms with Gasteiger partial charge in [0, 0.05) is 12.8 Å². The van der Waals surface area contributed by atoms with Gasteiger partial charge in [-0.3, -0.25) is 0 Å². The van der Waals surface area contributed by atoms with E-state index < -0.39 is 48.4 Å². The average Bonchev–Trinajstić information content (AvgIpc) is 2.99. The van der Waals surface area contributed by atoms with Crippen LogP contribution in [0.4, 0.5) is 4.79 Å². The number of esters is 1. The molecule has 140 valence electrons. The van der Waals surface area contributed by atoms with Crippen molar-refractivity contribution in [3.63, 3.8) is 0 Å². The molecule has 0 aromatic heterocycles. The van der Waals surface area contributed by atoms with Crippen molar-refractivity contribution in [1.82, 2.24) is 10.6 Å². The molecule has 5 atom stereocenters. The van der Waals surface area contributed by atoms with Crippen LogP contribution in [0.1, 0.15) is 27.7 Å². The molecule has 3 heterocycles. The zero-order chi connectivity index (χ0) is 18.4. The Kier molecular flexibility index (Phi) is 4.76. The summed E-state index contributed by atoms with van der Waals surface area (Å²) in [5.41, 5.74) is 0.724. The highest BCUT2D eigenvalue weighted by atomic mass is 16.8. The highest BCUT2D eigenvalue weighted by Gasteiger charge is 2.59. The Morgan fingerprint density at radius 1 is 1.24 bits per heavy atom. The molecule has 0 aliphatic carbocycles. The summed E-state index contributed by atoms with van der Waals surface area (Å²) in [5, 5.41) is 5.33. The van der Waals surface area contributed by atoms with E-state index in [0.29, 0.717) is 11.3 Å². The van der Waals surface area contributed by atoms with Crippen LogP contribution in [0.3, 0.4) is 0 Å². The number of urea groups is 1. The van der Waals surface area contributed by atoms with E-state index in [-0.39, 0.29) is 6.61 Å². The molecule has 9 heteroatoms. The SMILES string of the molecule is CCOC(=O)C1=C(C)NC(=O)N[C@H]1[C@H]1O[C@H](OC)[C@H]2OC(C)(C)O[C@H]21. The number of nitrogens with one attached hydrogen (secondary N) is 2. The second-order valence-electron chi connectivity index (χ2n) is 6.60. The van der Waals surface area contributed by atoms with Crippen LogP contribution >= 0.6 is 0 Å². The molecule has 3 rings (SSSR count). The largest absolute Gasteiger partial charge is 0.463 e. The molecule has 0 aromatic rings. The molecular formula is C16H24N2O7. The maximum atomic E-state index is 12.4. The van der Waals surface area contributed by atoms with E-state index in [1.807, 2.05) is 0 Å². The van der Waals surface area contributed by atoms with E-state index in [4.69, 9.17) is 23.7 Å². The third-order valence-corrected chi connectivity index (χ3v) is 4.41. The van der Waals surface area contributed by atoms with Gasteiger partial charge >= 0.3 is 12.0 Å². The first-order valence-electron chi connectivity index (χ1n) is 8.26. The van der Waals surface area contributed by atoms with Crippen LogP contribution in [-0.2, 0) is 28.5 Å². The number of hydrogen-bond donors (Lipinski definition) is 2. The standard InChI is InChI=1S/C16H24N2O7/c1-6-22-13(19)8-7(2)17-15(20)18-9(8)10-11-12(14(21-5)23-10)25-16(3,4)24-11/h9-12,14H,6H2,1-5H3,(H2,17,18,20)/t9-,10-,11+,12+,14+/m1/s1. The van der Waals surface area contributed by atoms with Crippen LogP contribution in [0.25, 0.3) is 0 Å². The fourth-order valence-corrected chi connectivity index (χ4v) is 3.51. The molecule has 0 saturated carbocycles. The number of allylic oxidation sites excluding steroid dienone is 1. The number of hydrogen-bond acceptors (Lipinski definition) is 7. The zero-order valence-corrected chi connectivity index (χ0v) is 15.0. The second-order valence-corrected chi connectivity index (χ2v) is 6.60. The number of rotatable bonds is 4. The molecular weight excluding hydrogens is 332 g/mol. The van der Waals surface area contributed by atoms with Gasteiger partial charge in [0.15, 0.2) is 12.1 Å². The number of carbonyl (C=O) groups is 2. The number of amides is 2. The zero-order valence-electron chi connectivity index (χ0n) is 15.0. The first kappa shape index (κ1) is 18.1. The molecule has 0 aromatic carbocycles. The molecule has 0 unspecified atom stereocenters. The Balaban J connectivity index is 1.93. The minimum atomic E-state index is -0.812. The Morgan fingerprint density at radius 2 is 1.92 bits per heavy atom. The summed E-state index contributed by atoms with van der Waals surface area (Å²) < 4.78 is 28.2. The van der Waals surface area contributed by atoms with E-state index in [0.717, 1.165) is 0 Å². The number of ether oxygens (including phenoxy) is 5. The van der Waals surface area contributed by atoms with Gasteiger partial charge < -0.3 is 34.3 Å². The van der Waals surface area contributed by atoms with Gasteiger partial charge in [0.2, 0.25) is 0 Å². The van der Waals surface area contributed by atoms with Gasteiger partial charge in [-0.1, -0.05) is 0 Å². The summed E-state index contributed by atoms with van der Waals surface area (Å²) in [6.45, 7) is 7.18. The van der Waals surface area contributed by atoms with Gasteiger partial charge in [-0.25, -0.2) is 9.59 Å². The van der Waals surface area contributed by atoms with Crippen molar-refractivity contribution < 1.29 is 33.3 Å². The van der Waals surface area contributed by atoms with Gasteiger partial charge in [0.25, 0.3) is 0 Å². The van der Waals surface area contributed by atoms with E-state index in [1.165, 1.54) is 7.11 Å². The lowest BCUT2D eigenvalue weighted by atomic mass is 9.94. The Morgan fingerprint density at radius 3 is 2.56 bits per heavy atom. The quantitative estimate of drug-likeness (QED) is 0.703. The molecule has 2 amide bonds. The maximum Gasteiger partial charge on any atom is 0.337 e. The van der Waals surface area contributed by atoms with Crippen LogP contribution in [-0.4, -0.2) is 62.1 Å². The van der Waals surface area contributed by atoms with Crippen LogP contribution in [0.5, 0.6) is 0 Å². The lowest BCUT2D eigenvalue weighted by molar-refractivity contribution is -0.228. The van der Waals surface area contributed by atoms with E-state index in [1.54, 1.807) is 27.7 Å². The van der Waals surface area contributed by atoms with Gasteiger partial charge in [0.05, 0.1) is 18.2 Å². The predicted octanol–water partition coefficient (Wildman–Crippen LogP) is 0.396. The van der Waals surface area contributed by atoms with Crippen molar-refractivity contribution >= 4 is 12.0 Å². The van der Waals surface area contributed by atoms with Crippen LogP contribution < -0.4 is 10.6 Å². The Hall–Kier alpha value is -1.68. The average molecular weight is 356 g/mol. The third kappa shape index (κ3) is 3.24. The maximum absolute atomic E-state index is 12.4. The second kappa shape index (κ2) is 6.56. The Labute approximate surface area is 145 Å². The van der Waals surface area contributed by atoms with Crippen LogP contribution in [0.2, 0.25) is 0 Å². The van der Waals surface area contributed by atoms with Crippen LogP contribution in [0, 0.1) is 0 Å². The van der Waals surface area contributed by atoms with E-state index >= 15 is 0 Å². The molecule has 25 heavy (non-hydrogen) atoms. The highest BCUT2D eigenvalue weighted by molar-refractivity contribution is 5.94. The normalized spacial score (nSPS) is 36.7. The summed E-state index contributed by atoms with van der Waals surface area (Å²) >= 11 is 0. The van der Waals surface area contributed by atoms with Gasteiger partial charge in [-0.2, -0.15) is 0 Å². The molecule has 3 aliphatic rings. The number of fused-ring (bicyclic) bond motifs is 1. The first-order chi connectivity index (χ1) is 11.8. The smallest absolute Gasteiger partial charge is 0.337 e. The van der Waals surface area contributed by atoms with Crippen molar-refractivity contribution in [2.24, 2.45) is 0 Å². The van der Waals surface area contributed by atoms with Gasteiger partial charge in [-0.05, 0) is 27.7 Å².